The Kier molecular flexibility index (Phi) is 13.0. The Labute approximate surface area is 388 Å². The first-order chi connectivity index (χ1) is 32.9. The molecule has 0 amide bonds. The van der Waals surface area contributed by atoms with Crippen LogP contribution in [0.3, 0.4) is 0 Å². The lowest BCUT2D eigenvalue weighted by molar-refractivity contribution is -0.385. The van der Waals surface area contributed by atoms with Gasteiger partial charge >= 0.3 is 0 Å². The molecule has 0 radical (unpaired) electrons. The Morgan fingerprint density at radius 3 is 1.31 bits per heavy atom. The fourth-order valence-corrected chi connectivity index (χ4v) is 8.38. The van der Waals surface area contributed by atoms with Gasteiger partial charge in [-0.05, 0) is 123 Å². The monoisotopic (exact) mass is 902 g/mol. The van der Waals surface area contributed by atoms with Crippen molar-refractivity contribution in [1.29, 1.82) is 0 Å². The number of fused-ring (bicyclic) bond motifs is 6. The maximum absolute atomic E-state index is 11.2. The number of para-hydroxylation sites is 2. The van der Waals surface area contributed by atoms with E-state index in [1.54, 1.807) is 24.3 Å². The van der Waals surface area contributed by atoms with Crippen LogP contribution in [0.25, 0.3) is 77.3 Å². The lowest BCUT2D eigenvalue weighted by Crippen LogP contribution is -1.94. The molecule has 14 heteroatoms. The molecule has 0 aliphatic rings. The smallest absolute Gasteiger partial charge is 0.269 e. The van der Waals surface area contributed by atoms with Gasteiger partial charge in [0.1, 0.15) is 6.29 Å². The summed E-state index contributed by atoms with van der Waals surface area (Å²) in [6.07, 6.45) is 0.900. The van der Waals surface area contributed by atoms with E-state index in [0.29, 0.717) is 17.0 Å². The van der Waals surface area contributed by atoms with Crippen molar-refractivity contribution in [2.75, 3.05) is 0 Å². The molecule has 0 N–H and O–H groups in total. The molecule has 68 heavy (non-hydrogen) atoms. The zero-order valence-electron chi connectivity index (χ0n) is 37.1. The van der Waals surface area contributed by atoms with Gasteiger partial charge in [0.25, 0.3) is 17.1 Å². The van der Waals surface area contributed by atoms with Crippen LogP contribution in [0.15, 0.2) is 170 Å². The van der Waals surface area contributed by atoms with Gasteiger partial charge in [0, 0.05) is 115 Å². The maximum Gasteiger partial charge on any atom is 0.269 e. The average Bonchev–Trinajstić information content (AvgIpc) is 3.87. The van der Waals surface area contributed by atoms with E-state index in [4.69, 9.17) is 4.98 Å². The van der Waals surface area contributed by atoms with Gasteiger partial charge in [0.15, 0.2) is 5.78 Å². The molecule has 0 aliphatic carbocycles. The van der Waals surface area contributed by atoms with E-state index in [2.05, 4.69) is 65.4 Å². The molecule has 0 aliphatic heterocycles. The number of hydrogen-bond donors (Lipinski definition) is 0. The van der Waals surface area contributed by atoms with E-state index in [1.165, 1.54) is 82.8 Å². The molecule has 0 fully saturated rings. The zero-order chi connectivity index (χ0) is 48.1. The minimum atomic E-state index is -0.496. The molecule has 0 bridgehead atoms. The van der Waals surface area contributed by atoms with Crippen molar-refractivity contribution in [3.8, 4) is 33.6 Å². The largest absolute Gasteiger partial charge is 0.341 e. The molecule has 3 aromatic heterocycles. The Balaban J connectivity index is 0.000000175. The SMILES string of the molecule is CC(=O)c1ccc([N+](=O)[O-])cc1.CCn1c2ccccc2c2cc(-c3cc(-c4ccc([N+](=O)[O-])cc4)nc(-c4ccc([N+](=O)[O-])cc4)c3)ccc21.CCn1c2ccccc2c2cc(C=O)ccc21. The molecule has 3 heterocycles. The van der Waals surface area contributed by atoms with Gasteiger partial charge in [-0.25, -0.2) is 4.98 Å². The summed E-state index contributed by atoms with van der Waals surface area (Å²) in [4.78, 5) is 57.6. The van der Waals surface area contributed by atoms with Gasteiger partial charge in [0.05, 0.1) is 26.2 Å². The number of pyridine rings is 1. The molecule has 0 spiro atoms. The van der Waals surface area contributed by atoms with Gasteiger partial charge in [0.2, 0.25) is 0 Å². The summed E-state index contributed by atoms with van der Waals surface area (Å²) in [5.41, 5.74) is 10.7. The van der Waals surface area contributed by atoms with Crippen molar-refractivity contribution in [3.05, 3.63) is 211 Å². The number of nitro benzene ring substituents is 3. The standard InChI is InChI=1S/C31H22N4O4.C15H13NO.C8H7NO3/c1-2-33-30-6-4-3-5-26(30)27-17-22(11-16-31(27)33)23-18-28(20-7-12-24(13-8-20)34(36)37)32-29(19-23)21-9-14-25(15-10-21)35(38)39;1-2-16-14-6-4-3-5-12(14)13-9-11(10-17)7-8-15(13)16;1-6(10)7-2-4-8(5-3-7)9(11)12/h3-19H,2H2,1H3;3-10H,2H2,1H3;2-5H,1H3. The fraction of sp³-hybridized carbons (Fsp3) is 0.0926. The van der Waals surface area contributed by atoms with Crippen LogP contribution in [0.2, 0.25) is 0 Å². The normalized spacial score (nSPS) is 10.9. The molecule has 0 unspecified atom stereocenters. The van der Waals surface area contributed by atoms with E-state index in [-0.39, 0.29) is 22.8 Å². The van der Waals surface area contributed by atoms with Crippen molar-refractivity contribution in [2.24, 2.45) is 0 Å². The maximum atomic E-state index is 11.2. The first-order valence-corrected chi connectivity index (χ1v) is 21.6. The fourth-order valence-electron chi connectivity index (χ4n) is 8.38. The molecular formula is C54H42N6O8. The predicted octanol–water partition coefficient (Wildman–Crippen LogP) is 13.5. The van der Waals surface area contributed by atoms with Crippen LogP contribution in [0.1, 0.15) is 41.5 Å². The summed E-state index contributed by atoms with van der Waals surface area (Å²) in [5.74, 6) is -0.0927. The number of nitrogens with zero attached hydrogens (tertiary/aromatic N) is 6. The first kappa shape index (κ1) is 45.4. The quantitative estimate of drug-likeness (QED) is 0.0557. The highest BCUT2D eigenvalue weighted by Gasteiger charge is 2.16. The van der Waals surface area contributed by atoms with E-state index < -0.39 is 14.8 Å². The summed E-state index contributed by atoms with van der Waals surface area (Å²) in [7, 11) is 0. The topological polar surface area (TPSA) is 186 Å². The van der Waals surface area contributed by atoms with Crippen LogP contribution in [0.4, 0.5) is 17.1 Å². The molecular weight excluding hydrogens is 861 g/mol. The average molecular weight is 903 g/mol. The highest BCUT2D eigenvalue weighted by atomic mass is 16.6. The van der Waals surface area contributed by atoms with Crippen molar-refractivity contribution in [2.45, 2.75) is 33.9 Å². The van der Waals surface area contributed by atoms with Crippen LogP contribution in [-0.4, -0.2) is 41.0 Å². The number of rotatable bonds is 10. The van der Waals surface area contributed by atoms with Gasteiger partial charge in [-0.1, -0.05) is 42.5 Å². The van der Waals surface area contributed by atoms with Crippen molar-refractivity contribution >= 4 is 72.7 Å². The first-order valence-electron chi connectivity index (χ1n) is 21.6. The second-order valence-electron chi connectivity index (χ2n) is 15.7. The second kappa shape index (κ2) is 19.5. The van der Waals surface area contributed by atoms with E-state index in [9.17, 15) is 39.9 Å². The zero-order valence-corrected chi connectivity index (χ0v) is 37.1. The third kappa shape index (κ3) is 9.19. The molecule has 10 aromatic rings. The van der Waals surface area contributed by atoms with Crippen LogP contribution >= 0.6 is 0 Å². The number of aldehydes is 1. The number of hydrogen-bond acceptors (Lipinski definition) is 9. The summed E-state index contributed by atoms with van der Waals surface area (Å²) in [5, 5.41) is 37.2. The molecule has 0 saturated heterocycles. The van der Waals surface area contributed by atoms with E-state index in [0.717, 1.165) is 63.5 Å². The predicted molar refractivity (Wildman–Crippen MR) is 266 cm³/mol. The van der Waals surface area contributed by atoms with Gasteiger partial charge in [-0.15, -0.1) is 0 Å². The minimum Gasteiger partial charge on any atom is -0.341 e. The molecule has 0 saturated carbocycles. The summed E-state index contributed by atoms with van der Waals surface area (Å²) < 4.78 is 4.57. The number of Topliss-reactive ketones (excluding diaryl/α,β-unsaturated/α-hetero) is 1. The molecule has 336 valence electrons. The number of benzene rings is 7. The summed E-state index contributed by atoms with van der Waals surface area (Å²) in [6, 6.07) is 51.0. The Bertz CT molecular complexity index is 3450. The van der Waals surface area contributed by atoms with Crippen molar-refractivity contribution in [3.63, 3.8) is 0 Å². The number of ketones is 1. The van der Waals surface area contributed by atoms with E-state index in [1.807, 2.05) is 54.6 Å². The number of carbonyl (C=O) groups is 2. The molecule has 10 rings (SSSR count). The third-order valence-corrected chi connectivity index (χ3v) is 11.7. The summed E-state index contributed by atoms with van der Waals surface area (Å²) in [6.45, 7) is 7.48. The Morgan fingerprint density at radius 1 is 0.485 bits per heavy atom. The lowest BCUT2D eigenvalue weighted by atomic mass is 9.98. The molecule has 7 aromatic carbocycles. The third-order valence-electron chi connectivity index (χ3n) is 11.7. The molecule has 14 nitrogen and oxygen atoms in total. The van der Waals surface area contributed by atoms with Gasteiger partial charge in [-0.3, -0.25) is 39.9 Å². The Morgan fingerprint density at radius 2 is 0.882 bits per heavy atom. The van der Waals surface area contributed by atoms with Crippen LogP contribution < -0.4 is 0 Å². The summed E-state index contributed by atoms with van der Waals surface area (Å²) >= 11 is 0. The van der Waals surface area contributed by atoms with Crippen LogP contribution in [0.5, 0.6) is 0 Å². The van der Waals surface area contributed by atoms with Crippen LogP contribution in [-0.2, 0) is 13.1 Å². The lowest BCUT2D eigenvalue weighted by Gasteiger charge is -2.11. The van der Waals surface area contributed by atoms with Crippen LogP contribution in [0, 0.1) is 30.3 Å². The second-order valence-corrected chi connectivity index (χ2v) is 15.7. The number of aromatic nitrogens is 3. The number of aryl methyl sites for hydroxylation is 2. The minimum absolute atomic E-state index is 0.000000000000000222. The molecule has 0 atom stereocenters. The Hall–Kier alpha value is -9.17. The van der Waals surface area contributed by atoms with Gasteiger partial charge in [-0.2, -0.15) is 0 Å². The highest BCUT2D eigenvalue weighted by Crippen LogP contribution is 2.36. The number of non-ortho nitro benzene ring substituents is 3. The van der Waals surface area contributed by atoms with Crippen molar-refractivity contribution < 1.29 is 24.4 Å². The van der Waals surface area contributed by atoms with Crippen molar-refractivity contribution in [1.82, 2.24) is 14.1 Å². The number of nitro groups is 3. The number of carbonyl (C=O) groups excluding carboxylic acids is 2. The highest BCUT2D eigenvalue weighted by molar-refractivity contribution is 6.10. The van der Waals surface area contributed by atoms with Gasteiger partial charge < -0.3 is 9.13 Å². The van der Waals surface area contributed by atoms with E-state index >= 15 is 0 Å².